The van der Waals surface area contributed by atoms with E-state index in [1.807, 2.05) is 6.92 Å². The molecular formula is C53H96N6O14. The van der Waals surface area contributed by atoms with Crippen molar-refractivity contribution >= 4 is 40.9 Å². The number of imidazole rings is 1. The summed E-state index contributed by atoms with van der Waals surface area (Å²) >= 11 is 0. The number of aliphatic carboxylic acids is 1. The summed E-state index contributed by atoms with van der Waals surface area (Å²) in [4.78, 5) is 87.9. The van der Waals surface area contributed by atoms with Crippen LogP contribution in [0, 0.1) is 0 Å². The van der Waals surface area contributed by atoms with Gasteiger partial charge in [-0.15, -0.1) is 0 Å². The maximum atomic E-state index is 12.3. The Kier molecular flexibility index (Phi) is 48.6. The van der Waals surface area contributed by atoms with E-state index in [4.69, 9.17) is 39.3 Å². The number of hydrogen-bond donors (Lipinski definition) is 6. The fourth-order valence-electron chi connectivity index (χ4n) is 7.25. The number of nitrogens with two attached hydrogens (primary N) is 1. The highest BCUT2D eigenvalue weighted by Crippen LogP contribution is 2.14. The molecule has 0 saturated carbocycles. The Morgan fingerprint density at radius 3 is 1.62 bits per heavy atom. The van der Waals surface area contributed by atoms with E-state index in [-0.39, 0.29) is 62.1 Å². The van der Waals surface area contributed by atoms with Crippen LogP contribution in [0.1, 0.15) is 167 Å². The van der Waals surface area contributed by atoms with E-state index in [0.717, 1.165) is 37.8 Å². The molecule has 0 aromatic carbocycles. The van der Waals surface area contributed by atoms with Crippen LogP contribution in [-0.2, 0) is 68.4 Å². The van der Waals surface area contributed by atoms with E-state index in [1.54, 1.807) is 13.2 Å². The summed E-state index contributed by atoms with van der Waals surface area (Å²) in [7, 11) is 1.57. The number of carbonyl (C=O) groups is 7. The first-order valence-corrected chi connectivity index (χ1v) is 27.1. The van der Waals surface area contributed by atoms with Crippen LogP contribution in [0.2, 0.25) is 0 Å². The van der Waals surface area contributed by atoms with Gasteiger partial charge < -0.3 is 60.2 Å². The first-order valence-electron chi connectivity index (χ1n) is 27.1. The smallest absolute Gasteiger partial charge is 0.303 e. The van der Waals surface area contributed by atoms with Gasteiger partial charge in [-0.25, -0.2) is 4.98 Å². The first-order chi connectivity index (χ1) is 35.4. The van der Waals surface area contributed by atoms with Gasteiger partial charge in [-0.2, -0.15) is 0 Å². The zero-order valence-electron chi connectivity index (χ0n) is 45.0. The molecule has 0 aliphatic heterocycles. The van der Waals surface area contributed by atoms with Gasteiger partial charge in [0.25, 0.3) is 0 Å². The zero-order chi connectivity index (χ0) is 53.8. The fraction of sp³-hybridized carbons (Fsp3) is 0.811. The Morgan fingerprint density at radius 2 is 1.10 bits per heavy atom. The highest BCUT2D eigenvalue weighted by atomic mass is 16.5. The highest BCUT2D eigenvalue weighted by molar-refractivity contribution is 5.87. The number of rotatable bonds is 53. The van der Waals surface area contributed by atoms with Gasteiger partial charge in [0.1, 0.15) is 31.4 Å². The largest absolute Gasteiger partial charge is 0.481 e. The third-order valence-corrected chi connectivity index (χ3v) is 11.6. The van der Waals surface area contributed by atoms with Gasteiger partial charge in [0.2, 0.25) is 11.8 Å². The lowest BCUT2D eigenvalue weighted by atomic mass is 10.0. The summed E-state index contributed by atoms with van der Waals surface area (Å²) in [6.45, 7) is 7.89. The summed E-state index contributed by atoms with van der Waals surface area (Å²) in [6.07, 6.45) is 25.5. The lowest BCUT2D eigenvalue weighted by Gasteiger charge is -2.17. The number of likely N-dealkylation sites (N-methyl/N-ethyl adjacent to an activating group) is 1. The maximum absolute atomic E-state index is 12.3. The van der Waals surface area contributed by atoms with Crippen LogP contribution >= 0.6 is 0 Å². The lowest BCUT2D eigenvalue weighted by molar-refractivity contribution is -0.137. The number of hydrogen-bond acceptors (Lipinski definition) is 16. The molecule has 1 rings (SSSR count). The molecule has 1 aromatic heterocycles. The number of aromatic amines is 1. The molecule has 20 nitrogen and oxygen atoms in total. The molecule has 0 saturated heterocycles. The second-order valence-electron chi connectivity index (χ2n) is 18.1. The molecule has 2 atom stereocenters. The monoisotopic (exact) mass is 1040 g/mol. The van der Waals surface area contributed by atoms with Crippen molar-refractivity contribution in [3.8, 4) is 0 Å². The van der Waals surface area contributed by atoms with E-state index in [2.05, 4.69) is 25.9 Å². The second kappa shape index (κ2) is 51.5. The number of Topliss-reactive ketones (excluding diaryl/α,β-unsaturated/α-hetero) is 4. The summed E-state index contributed by atoms with van der Waals surface area (Å²) in [5, 5.41) is 16.9. The maximum Gasteiger partial charge on any atom is 0.303 e. The first kappa shape index (κ1) is 69.0. The number of ketones is 4. The number of H-pyrrole nitrogens is 1. The average molecular weight is 1040 g/mol. The quantitative estimate of drug-likeness (QED) is 0.0436. The minimum Gasteiger partial charge on any atom is -0.481 e. The molecule has 0 spiro atoms. The van der Waals surface area contributed by atoms with Crippen molar-refractivity contribution in [2.24, 2.45) is 5.73 Å². The van der Waals surface area contributed by atoms with Crippen molar-refractivity contribution in [1.82, 2.24) is 25.9 Å². The number of carboxylic acids is 1. The lowest BCUT2D eigenvalue weighted by Crippen LogP contribution is -2.44. The number of aromatic nitrogens is 2. The van der Waals surface area contributed by atoms with Crippen molar-refractivity contribution in [2.45, 2.75) is 180 Å². The van der Waals surface area contributed by atoms with Gasteiger partial charge in [0.05, 0.1) is 64.6 Å². The van der Waals surface area contributed by atoms with E-state index in [1.165, 1.54) is 77.5 Å². The van der Waals surface area contributed by atoms with Crippen molar-refractivity contribution in [2.75, 3.05) is 99.4 Å². The predicted molar refractivity (Wildman–Crippen MR) is 279 cm³/mol. The average Bonchev–Trinajstić information content (AvgIpc) is 3.89. The Labute approximate surface area is 436 Å². The van der Waals surface area contributed by atoms with E-state index >= 15 is 0 Å². The Balaban J connectivity index is 0.00000145. The van der Waals surface area contributed by atoms with Gasteiger partial charge in [-0.1, -0.05) is 77.0 Å². The molecule has 2 amide bonds. The molecule has 0 bridgehead atoms. The zero-order valence-corrected chi connectivity index (χ0v) is 45.0. The SMILES string of the molecule is CCOCCOCC(=O)CCCOCCOCC(=O)NCCCC[C@H](NCC(=O)[C@@H](N)Cc1cnc[nH]1)C(C)=O.CNC(=O)COCCOCCCC(=O)CCCCCCCCCCCCCCCCC(=O)O. The van der Waals surface area contributed by atoms with Gasteiger partial charge in [0.15, 0.2) is 11.6 Å². The molecule has 0 fully saturated rings. The van der Waals surface area contributed by atoms with Gasteiger partial charge >= 0.3 is 5.97 Å². The number of carboxylic acid groups (broad SMARTS) is 1. The van der Waals surface area contributed by atoms with E-state index < -0.39 is 18.1 Å². The van der Waals surface area contributed by atoms with Crippen molar-refractivity contribution in [3.63, 3.8) is 0 Å². The van der Waals surface area contributed by atoms with Crippen LogP contribution in [-0.4, -0.2) is 167 Å². The van der Waals surface area contributed by atoms with Crippen LogP contribution in [0.3, 0.4) is 0 Å². The molecule has 0 aliphatic carbocycles. The number of carbonyl (C=O) groups excluding carboxylic acids is 6. The second-order valence-corrected chi connectivity index (χ2v) is 18.1. The normalized spacial score (nSPS) is 11.9. The van der Waals surface area contributed by atoms with Crippen molar-refractivity contribution in [3.05, 3.63) is 18.2 Å². The van der Waals surface area contributed by atoms with Crippen molar-refractivity contribution in [1.29, 1.82) is 0 Å². The molecule has 1 aromatic rings. The summed E-state index contributed by atoms with van der Waals surface area (Å²) < 4.78 is 31.6. The van der Waals surface area contributed by atoms with E-state index in [9.17, 15) is 33.6 Å². The molecular weight excluding hydrogens is 945 g/mol. The van der Waals surface area contributed by atoms with Crippen LogP contribution in [0.4, 0.5) is 0 Å². The number of nitrogens with one attached hydrogen (secondary N) is 4. The van der Waals surface area contributed by atoms with Gasteiger partial charge in [-0.3, -0.25) is 33.6 Å². The minimum atomic E-state index is -0.680. The third kappa shape index (κ3) is 48.7. The minimum absolute atomic E-state index is 0.0137. The van der Waals surface area contributed by atoms with Crippen molar-refractivity contribution < 1.29 is 67.1 Å². The molecule has 422 valence electrons. The molecule has 20 heteroatoms. The molecule has 0 aliphatic rings. The third-order valence-electron chi connectivity index (χ3n) is 11.6. The standard InChI is InChI=1S/C27H47N5O8.C26H49NO6/c1-3-37-11-13-39-18-23(34)7-6-10-38-12-14-40-19-27(36)30-9-5-4-8-25(21(2)33)31-17-26(35)24(28)15-22-16-29-20-32-22;1-27-25(29)23-33-22-21-32-20-16-18-24(28)17-14-12-10-8-6-4-2-3-5-7-9-11-13-15-19-26(30)31/h16,20,24-25,31H,3-15,17-19,28H2,1-2H3,(H,29,32)(H,30,36);2-23H2,1H3,(H,27,29)(H,30,31)/t24-,25-;/m0./s1. The molecule has 73 heavy (non-hydrogen) atoms. The Hall–Kier alpha value is -4.02. The van der Waals surface area contributed by atoms with Crippen LogP contribution < -0.4 is 21.7 Å². The van der Waals surface area contributed by atoms with E-state index in [0.29, 0.717) is 123 Å². The number of nitrogens with zero attached hydrogens (tertiary/aromatic N) is 1. The Bertz CT molecular complexity index is 1540. The molecule has 7 N–H and O–H groups in total. The summed E-state index contributed by atoms with van der Waals surface area (Å²) in [5.41, 5.74) is 6.72. The topological polar surface area (TPSA) is 286 Å². The Morgan fingerprint density at radius 1 is 0.603 bits per heavy atom. The van der Waals surface area contributed by atoms with Gasteiger partial charge in [-0.05, 0) is 58.8 Å². The highest BCUT2D eigenvalue weighted by Gasteiger charge is 2.19. The van der Waals surface area contributed by atoms with Crippen LogP contribution in [0.5, 0.6) is 0 Å². The number of amides is 2. The van der Waals surface area contributed by atoms with Crippen LogP contribution in [0.25, 0.3) is 0 Å². The molecule has 1 heterocycles. The molecule has 0 radical (unpaired) electrons. The summed E-state index contributed by atoms with van der Waals surface area (Å²) in [6, 6.07) is -1.12. The fourth-order valence-corrected chi connectivity index (χ4v) is 7.25. The number of ether oxygens (including phenoxy) is 6. The number of unbranched alkanes of at least 4 members (excludes halogenated alkanes) is 14. The predicted octanol–water partition coefficient (Wildman–Crippen LogP) is 5.56. The summed E-state index contributed by atoms with van der Waals surface area (Å²) in [5.74, 6) is -0.929. The van der Waals surface area contributed by atoms with Crippen LogP contribution in [0.15, 0.2) is 12.5 Å². The van der Waals surface area contributed by atoms with Gasteiger partial charge in [0, 0.05) is 77.4 Å². The molecule has 0 unspecified atom stereocenters.